The largest absolute Gasteiger partial charge is 0.417 e. The summed E-state index contributed by atoms with van der Waals surface area (Å²) in [6.07, 6.45) is -3.63. The van der Waals surface area contributed by atoms with Crippen molar-refractivity contribution in [3.05, 3.63) is 76.2 Å². The van der Waals surface area contributed by atoms with E-state index in [9.17, 15) is 22.4 Å². The van der Waals surface area contributed by atoms with Gasteiger partial charge in [0, 0.05) is 24.0 Å². The van der Waals surface area contributed by atoms with Crippen molar-refractivity contribution in [3.63, 3.8) is 0 Å². The van der Waals surface area contributed by atoms with Crippen molar-refractivity contribution < 1.29 is 22.4 Å². The number of nitriles is 1. The van der Waals surface area contributed by atoms with Gasteiger partial charge in [0.25, 0.3) is 5.91 Å². The van der Waals surface area contributed by atoms with Crippen LogP contribution in [0.25, 0.3) is 0 Å². The first-order chi connectivity index (χ1) is 12.7. The first-order valence-corrected chi connectivity index (χ1v) is 7.85. The van der Waals surface area contributed by atoms with Crippen LogP contribution >= 0.6 is 11.6 Å². The maximum atomic E-state index is 13.5. The Kier molecular flexibility index (Phi) is 6.42. The Morgan fingerprint density at radius 1 is 1.22 bits per heavy atom. The quantitative estimate of drug-likeness (QED) is 0.439. The molecule has 140 valence electrons. The predicted octanol–water partition coefficient (Wildman–Crippen LogP) is 4.63. The third-order valence-corrected chi connectivity index (χ3v) is 3.72. The molecule has 0 saturated heterocycles. The van der Waals surface area contributed by atoms with Crippen molar-refractivity contribution in [1.82, 2.24) is 5.32 Å². The van der Waals surface area contributed by atoms with Gasteiger partial charge in [-0.2, -0.15) is 18.4 Å². The average Bonchev–Trinajstić information content (AvgIpc) is 2.60. The lowest BCUT2D eigenvalue weighted by Crippen LogP contribution is -2.17. The zero-order valence-electron chi connectivity index (χ0n) is 13.6. The van der Waals surface area contributed by atoms with Gasteiger partial charge in [-0.3, -0.25) is 4.79 Å². The minimum absolute atomic E-state index is 0.0182. The van der Waals surface area contributed by atoms with Gasteiger partial charge in [0.2, 0.25) is 0 Å². The normalized spacial score (nSPS) is 11.6. The number of anilines is 1. The molecule has 4 nitrogen and oxygen atoms in total. The summed E-state index contributed by atoms with van der Waals surface area (Å²) in [5.41, 5.74) is -1.36. The van der Waals surface area contributed by atoms with Crippen molar-refractivity contribution in [1.29, 1.82) is 5.26 Å². The molecule has 0 aliphatic rings. The van der Waals surface area contributed by atoms with Gasteiger partial charge >= 0.3 is 6.18 Å². The smallest absolute Gasteiger partial charge is 0.385 e. The third kappa shape index (κ3) is 5.46. The van der Waals surface area contributed by atoms with E-state index in [1.807, 2.05) is 0 Å². The molecule has 2 N–H and O–H groups in total. The first-order valence-electron chi connectivity index (χ1n) is 7.47. The standard InChI is InChI=1S/C18H12ClF4N3O/c19-15-6-5-13(7-14(15)18(21,22)23)26-17(27)12(8-24)10-25-9-11-3-1-2-4-16(11)20/h1-7,10,25H,9H2,(H,26,27)/b12-10-. The Labute approximate surface area is 157 Å². The maximum absolute atomic E-state index is 13.5. The lowest BCUT2D eigenvalue weighted by molar-refractivity contribution is -0.137. The summed E-state index contributed by atoms with van der Waals surface area (Å²) in [7, 11) is 0. The molecule has 0 aromatic heterocycles. The Bertz CT molecular complexity index is 920. The highest BCUT2D eigenvalue weighted by atomic mass is 35.5. The molecule has 2 aromatic rings. The number of alkyl halides is 3. The van der Waals surface area contributed by atoms with Crippen LogP contribution in [0.5, 0.6) is 0 Å². The van der Waals surface area contributed by atoms with Crippen LogP contribution in [0.4, 0.5) is 23.2 Å². The number of benzene rings is 2. The molecule has 0 spiro atoms. The van der Waals surface area contributed by atoms with E-state index in [4.69, 9.17) is 16.9 Å². The Morgan fingerprint density at radius 3 is 2.56 bits per heavy atom. The van der Waals surface area contributed by atoms with Gasteiger partial charge in [-0.1, -0.05) is 29.8 Å². The van der Waals surface area contributed by atoms with Crippen molar-refractivity contribution in [2.45, 2.75) is 12.7 Å². The summed E-state index contributed by atoms with van der Waals surface area (Å²) < 4.78 is 52.1. The molecule has 2 aromatic carbocycles. The molecular weight excluding hydrogens is 386 g/mol. The Hall–Kier alpha value is -3.05. The van der Waals surface area contributed by atoms with Crippen LogP contribution in [0.15, 0.2) is 54.2 Å². The van der Waals surface area contributed by atoms with Gasteiger partial charge in [-0.15, -0.1) is 0 Å². The predicted molar refractivity (Wildman–Crippen MR) is 92.0 cm³/mol. The van der Waals surface area contributed by atoms with Gasteiger partial charge in [0.15, 0.2) is 0 Å². The molecule has 0 saturated carbocycles. The lowest BCUT2D eigenvalue weighted by atomic mass is 10.2. The second kappa shape index (κ2) is 8.56. The second-order valence-electron chi connectivity index (χ2n) is 5.29. The molecule has 0 heterocycles. The zero-order chi connectivity index (χ0) is 20.0. The van der Waals surface area contributed by atoms with Crippen molar-refractivity contribution in [2.24, 2.45) is 0 Å². The number of nitrogens with zero attached hydrogens (tertiary/aromatic N) is 1. The third-order valence-electron chi connectivity index (χ3n) is 3.39. The molecule has 0 unspecified atom stereocenters. The molecule has 0 aliphatic heterocycles. The van der Waals surface area contributed by atoms with Crippen LogP contribution in [-0.4, -0.2) is 5.91 Å². The fraction of sp³-hybridized carbons (Fsp3) is 0.111. The number of hydrogen-bond acceptors (Lipinski definition) is 3. The van der Waals surface area contributed by atoms with Gasteiger partial charge in [-0.05, 0) is 24.3 Å². The minimum Gasteiger partial charge on any atom is -0.385 e. The van der Waals surface area contributed by atoms with Crippen molar-refractivity contribution in [3.8, 4) is 6.07 Å². The Morgan fingerprint density at radius 2 is 1.93 bits per heavy atom. The van der Waals surface area contributed by atoms with Crippen LogP contribution in [0, 0.1) is 17.1 Å². The number of nitrogens with one attached hydrogen (secondary N) is 2. The molecule has 2 rings (SSSR count). The highest BCUT2D eigenvalue weighted by Gasteiger charge is 2.33. The molecule has 0 aliphatic carbocycles. The van der Waals surface area contributed by atoms with Gasteiger partial charge < -0.3 is 10.6 Å². The molecule has 9 heteroatoms. The molecule has 0 radical (unpaired) electrons. The monoisotopic (exact) mass is 397 g/mol. The number of rotatable bonds is 5. The number of carbonyl (C=O) groups is 1. The molecule has 0 fully saturated rings. The zero-order valence-corrected chi connectivity index (χ0v) is 14.3. The highest BCUT2D eigenvalue weighted by molar-refractivity contribution is 6.31. The number of hydrogen-bond donors (Lipinski definition) is 2. The summed E-state index contributed by atoms with van der Waals surface area (Å²) in [4.78, 5) is 12.1. The van der Waals surface area contributed by atoms with Crippen molar-refractivity contribution >= 4 is 23.2 Å². The van der Waals surface area contributed by atoms with E-state index in [2.05, 4.69) is 10.6 Å². The van der Waals surface area contributed by atoms with Gasteiger partial charge in [0.1, 0.15) is 17.5 Å². The van der Waals surface area contributed by atoms with E-state index >= 15 is 0 Å². The summed E-state index contributed by atoms with van der Waals surface area (Å²) in [5.74, 6) is -1.38. The molecule has 27 heavy (non-hydrogen) atoms. The Balaban J connectivity index is 2.09. The molecule has 0 bridgehead atoms. The highest BCUT2D eigenvalue weighted by Crippen LogP contribution is 2.36. The van der Waals surface area contributed by atoms with E-state index in [0.29, 0.717) is 11.6 Å². The lowest BCUT2D eigenvalue weighted by Gasteiger charge is -2.11. The van der Waals surface area contributed by atoms with E-state index < -0.39 is 34.1 Å². The van der Waals surface area contributed by atoms with Crippen LogP contribution in [0.2, 0.25) is 5.02 Å². The first kappa shape index (κ1) is 20.3. The van der Waals surface area contributed by atoms with Gasteiger partial charge in [-0.25, -0.2) is 4.39 Å². The number of amides is 1. The number of carbonyl (C=O) groups excluding carboxylic acids is 1. The van der Waals surface area contributed by atoms with Crippen LogP contribution in [-0.2, 0) is 17.5 Å². The van der Waals surface area contributed by atoms with E-state index in [-0.39, 0.29) is 12.2 Å². The van der Waals surface area contributed by atoms with Crippen molar-refractivity contribution in [2.75, 3.05) is 5.32 Å². The summed E-state index contributed by atoms with van der Waals surface area (Å²) >= 11 is 5.51. The summed E-state index contributed by atoms with van der Waals surface area (Å²) in [6, 6.07) is 10.4. The van der Waals surface area contributed by atoms with Crippen LogP contribution in [0.3, 0.4) is 0 Å². The van der Waals surface area contributed by atoms with E-state index in [0.717, 1.165) is 12.3 Å². The summed E-state index contributed by atoms with van der Waals surface area (Å²) in [6.45, 7) is 0.0182. The summed E-state index contributed by atoms with van der Waals surface area (Å²) in [5, 5.41) is 13.4. The maximum Gasteiger partial charge on any atom is 0.417 e. The second-order valence-corrected chi connectivity index (χ2v) is 5.70. The molecular formula is C18H12ClF4N3O. The van der Waals surface area contributed by atoms with Crippen LogP contribution < -0.4 is 10.6 Å². The topological polar surface area (TPSA) is 64.9 Å². The molecule has 1 amide bonds. The number of halogens is 5. The van der Waals surface area contributed by atoms with E-state index in [1.54, 1.807) is 12.1 Å². The SMILES string of the molecule is N#C/C(=C/NCc1ccccc1F)C(=O)Nc1ccc(Cl)c(C(F)(F)F)c1. The van der Waals surface area contributed by atoms with Crippen LogP contribution in [0.1, 0.15) is 11.1 Å². The van der Waals surface area contributed by atoms with Gasteiger partial charge in [0.05, 0.1) is 10.6 Å². The fourth-order valence-corrected chi connectivity index (χ4v) is 2.30. The molecule has 0 atom stereocenters. The fourth-order valence-electron chi connectivity index (χ4n) is 2.07. The van der Waals surface area contributed by atoms with E-state index in [1.165, 1.54) is 24.3 Å². The minimum atomic E-state index is -4.69. The average molecular weight is 398 g/mol.